The van der Waals surface area contributed by atoms with Crippen LogP contribution < -0.4 is 0 Å². The zero-order chi connectivity index (χ0) is 11.1. The average molecular weight is 203 g/mol. The standard InChI is InChI=1S/C14H21N/c1-10-7-11-5-4-6-14(2,3)13(11)8-12(10)9-15/h10,12H,4-8H2,1-3H3/t10-,12+/m1/s1. The first kappa shape index (κ1) is 10.7. The molecule has 2 rings (SSSR count). The Morgan fingerprint density at radius 3 is 2.73 bits per heavy atom. The molecule has 0 unspecified atom stereocenters. The highest BCUT2D eigenvalue weighted by Gasteiger charge is 2.36. The van der Waals surface area contributed by atoms with E-state index in [0.29, 0.717) is 11.3 Å². The predicted octanol–water partition coefficient (Wildman–Crippen LogP) is 4.06. The van der Waals surface area contributed by atoms with E-state index in [2.05, 4.69) is 26.8 Å². The summed E-state index contributed by atoms with van der Waals surface area (Å²) in [6.07, 6.45) is 6.16. The van der Waals surface area contributed by atoms with Gasteiger partial charge in [-0.2, -0.15) is 5.26 Å². The van der Waals surface area contributed by atoms with Gasteiger partial charge in [0.15, 0.2) is 0 Å². The van der Waals surface area contributed by atoms with Crippen LogP contribution in [0.15, 0.2) is 11.1 Å². The SMILES string of the molecule is C[C@@H]1CC2=C(C[C@H]1C#N)C(C)(C)CCC2. The molecule has 1 heteroatoms. The maximum Gasteiger partial charge on any atom is 0.0662 e. The van der Waals surface area contributed by atoms with Crippen molar-refractivity contribution in [1.82, 2.24) is 0 Å². The molecule has 0 N–H and O–H groups in total. The van der Waals surface area contributed by atoms with Gasteiger partial charge in [0.2, 0.25) is 0 Å². The summed E-state index contributed by atoms with van der Waals surface area (Å²) in [5, 5.41) is 9.15. The highest BCUT2D eigenvalue weighted by atomic mass is 14.4. The molecule has 0 bridgehead atoms. The van der Waals surface area contributed by atoms with Gasteiger partial charge in [-0.25, -0.2) is 0 Å². The van der Waals surface area contributed by atoms with E-state index >= 15 is 0 Å². The normalized spacial score (nSPS) is 34.5. The van der Waals surface area contributed by atoms with Gasteiger partial charge in [0, 0.05) is 0 Å². The summed E-state index contributed by atoms with van der Waals surface area (Å²) in [5.74, 6) is 0.837. The highest BCUT2D eigenvalue weighted by Crippen LogP contribution is 2.49. The van der Waals surface area contributed by atoms with Crippen molar-refractivity contribution in [3.63, 3.8) is 0 Å². The summed E-state index contributed by atoms with van der Waals surface area (Å²) in [4.78, 5) is 0. The zero-order valence-corrected chi connectivity index (χ0v) is 10.1. The van der Waals surface area contributed by atoms with E-state index in [9.17, 15) is 0 Å². The van der Waals surface area contributed by atoms with Crippen LogP contribution in [0.1, 0.15) is 52.9 Å². The first-order chi connectivity index (χ1) is 7.04. The molecular formula is C14H21N. The van der Waals surface area contributed by atoms with Crippen molar-refractivity contribution in [3.05, 3.63) is 11.1 Å². The minimum Gasteiger partial charge on any atom is -0.198 e. The Hall–Kier alpha value is -0.770. The maximum absolute atomic E-state index is 9.15. The van der Waals surface area contributed by atoms with Crippen molar-refractivity contribution in [1.29, 1.82) is 5.26 Å². The molecule has 0 spiro atoms. The number of nitrogens with zero attached hydrogens (tertiary/aromatic N) is 1. The Labute approximate surface area is 93.2 Å². The Morgan fingerprint density at radius 1 is 1.33 bits per heavy atom. The second kappa shape index (κ2) is 3.67. The number of hydrogen-bond acceptors (Lipinski definition) is 1. The van der Waals surface area contributed by atoms with Gasteiger partial charge in [0.25, 0.3) is 0 Å². The molecule has 2 atom stereocenters. The van der Waals surface area contributed by atoms with Crippen LogP contribution >= 0.6 is 0 Å². The van der Waals surface area contributed by atoms with Crippen LogP contribution in [0.3, 0.4) is 0 Å². The fraction of sp³-hybridized carbons (Fsp3) is 0.786. The van der Waals surface area contributed by atoms with E-state index in [-0.39, 0.29) is 5.92 Å². The lowest BCUT2D eigenvalue weighted by molar-refractivity contribution is 0.289. The van der Waals surface area contributed by atoms with Gasteiger partial charge < -0.3 is 0 Å². The summed E-state index contributed by atoms with van der Waals surface area (Å²) in [6.45, 7) is 6.94. The molecule has 2 aliphatic rings. The van der Waals surface area contributed by atoms with E-state index < -0.39 is 0 Å². The van der Waals surface area contributed by atoms with Crippen LogP contribution in [0.2, 0.25) is 0 Å². The molecule has 1 nitrogen and oxygen atoms in total. The van der Waals surface area contributed by atoms with E-state index in [4.69, 9.17) is 5.26 Å². The molecule has 2 aliphatic carbocycles. The topological polar surface area (TPSA) is 23.8 Å². The molecule has 0 saturated heterocycles. The lowest BCUT2D eigenvalue weighted by atomic mass is 9.63. The van der Waals surface area contributed by atoms with Crippen molar-refractivity contribution in [2.24, 2.45) is 17.3 Å². The van der Waals surface area contributed by atoms with Gasteiger partial charge in [0.1, 0.15) is 0 Å². The van der Waals surface area contributed by atoms with Gasteiger partial charge in [0.05, 0.1) is 12.0 Å². The molecule has 0 aliphatic heterocycles. The quantitative estimate of drug-likeness (QED) is 0.545. The summed E-state index contributed by atoms with van der Waals surface area (Å²) in [5.41, 5.74) is 3.67. The largest absolute Gasteiger partial charge is 0.198 e. The molecule has 0 radical (unpaired) electrons. The fourth-order valence-electron chi connectivity index (χ4n) is 3.29. The highest BCUT2D eigenvalue weighted by molar-refractivity contribution is 5.28. The molecule has 0 amide bonds. The van der Waals surface area contributed by atoms with Gasteiger partial charge in [-0.05, 0) is 43.4 Å². The van der Waals surface area contributed by atoms with E-state index in [1.54, 1.807) is 11.1 Å². The Kier molecular flexibility index (Phi) is 2.63. The smallest absolute Gasteiger partial charge is 0.0662 e. The molecule has 0 saturated carbocycles. The molecule has 0 aromatic rings. The molecule has 0 heterocycles. The summed E-state index contributed by atoms with van der Waals surface area (Å²) in [7, 11) is 0. The lowest BCUT2D eigenvalue weighted by Gasteiger charge is -2.41. The van der Waals surface area contributed by atoms with E-state index in [0.717, 1.165) is 6.42 Å². The van der Waals surface area contributed by atoms with Crippen molar-refractivity contribution in [2.75, 3.05) is 0 Å². The van der Waals surface area contributed by atoms with Crippen LogP contribution in [0.25, 0.3) is 0 Å². The van der Waals surface area contributed by atoms with Crippen molar-refractivity contribution in [3.8, 4) is 6.07 Å². The predicted molar refractivity (Wildman–Crippen MR) is 62.2 cm³/mol. The van der Waals surface area contributed by atoms with Crippen molar-refractivity contribution in [2.45, 2.75) is 52.9 Å². The van der Waals surface area contributed by atoms with E-state index in [1.807, 2.05) is 0 Å². The second-order valence-electron chi connectivity index (χ2n) is 5.94. The minimum absolute atomic E-state index is 0.265. The first-order valence-electron chi connectivity index (χ1n) is 6.15. The number of nitriles is 1. The Balaban J connectivity index is 2.32. The van der Waals surface area contributed by atoms with Crippen molar-refractivity contribution < 1.29 is 0 Å². The third-order valence-corrected chi connectivity index (χ3v) is 4.37. The minimum atomic E-state index is 0.265. The molecule has 15 heavy (non-hydrogen) atoms. The average Bonchev–Trinajstić information content (AvgIpc) is 2.16. The first-order valence-corrected chi connectivity index (χ1v) is 6.15. The molecule has 0 fully saturated rings. The third-order valence-electron chi connectivity index (χ3n) is 4.37. The summed E-state index contributed by atoms with van der Waals surface area (Å²) < 4.78 is 0. The number of rotatable bonds is 0. The van der Waals surface area contributed by atoms with Gasteiger partial charge in [-0.1, -0.05) is 31.9 Å². The van der Waals surface area contributed by atoms with Crippen molar-refractivity contribution >= 4 is 0 Å². The molecular weight excluding hydrogens is 182 g/mol. The van der Waals surface area contributed by atoms with Gasteiger partial charge in [-0.3, -0.25) is 0 Å². The van der Waals surface area contributed by atoms with E-state index in [1.165, 1.54) is 25.7 Å². The van der Waals surface area contributed by atoms with Crippen LogP contribution in [-0.4, -0.2) is 0 Å². The zero-order valence-electron chi connectivity index (χ0n) is 10.1. The number of allylic oxidation sites excluding steroid dienone is 2. The Bertz CT molecular complexity index is 330. The summed E-state index contributed by atoms with van der Waals surface area (Å²) in [6, 6.07) is 2.49. The molecule has 82 valence electrons. The van der Waals surface area contributed by atoms with Gasteiger partial charge >= 0.3 is 0 Å². The maximum atomic E-state index is 9.15. The molecule has 0 aromatic carbocycles. The second-order valence-corrected chi connectivity index (χ2v) is 5.94. The summed E-state index contributed by atoms with van der Waals surface area (Å²) >= 11 is 0. The molecule has 0 aromatic heterocycles. The lowest BCUT2D eigenvalue weighted by Crippen LogP contribution is -2.29. The van der Waals surface area contributed by atoms with Crippen LogP contribution in [0.4, 0.5) is 0 Å². The van der Waals surface area contributed by atoms with Gasteiger partial charge in [-0.15, -0.1) is 0 Å². The number of hydrogen-bond donors (Lipinski definition) is 0. The third kappa shape index (κ3) is 1.83. The van der Waals surface area contributed by atoms with Crippen LogP contribution in [-0.2, 0) is 0 Å². The fourth-order valence-corrected chi connectivity index (χ4v) is 3.29. The monoisotopic (exact) mass is 203 g/mol. The Morgan fingerprint density at radius 2 is 2.07 bits per heavy atom. The van der Waals surface area contributed by atoms with Crippen LogP contribution in [0.5, 0.6) is 0 Å². The van der Waals surface area contributed by atoms with Crippen LogP contribution in [0, 0.1) is 28.6 Å².